The molecule has 0 aromatic carbocycles. The van der Waals surface area contributed by atoms with Gasteiger partial charge in [-0.15, -0.1) is 23.5 Å². The molecule has 0 radical (unpaired) electrons. The Hall–Kier alpha value is -1.29. The van der Waals surface area contributed by atoms with Gasteiger partial charge in [0, 0.05) is 30.3 Å². The van der Waals surface area contributed by atoms with Gasteiger partial charge in [0.2, 0.25) is 11.3 Å². The number of rotatable bonds is 5. The molecule has 1 amide bonds. The molecular formula is C15H19F3N2O3S2. The van der Waals surface area contributed by atoms with E-state index in [0.29, 0.717) is 17.2 Å². The molecule has 140 valence electrons. The SMILES string of the molecule is COc1c(C)[nH]cc(CN(C)C(=O)CC2(C(F)(F)F)SCCS2)c1=O. The normalized spacial score (nSPS) is 16.7. The molecular weight excluding hydrogens is 377 g/mol. The highest BCUT2D eigenvalue weighted by atomic mass is 32.2. The van der Waals surface area contributed by atoms with E-state index >= 15 is 0 Å². The van der Waals surface area contributed by atoms with E-state index in [1.54, 1.807) is 6.92 Å². The molecule has 1 saturated heterocycles. The van der Waals surface area contributed by atoms with Gasteiger partial charge in [-0.1, -0.05) is 0 Å². The topological polar surface area (TPSA) is 62.4 Å². The molecule has 1 N–H and O–H groups in total. The van der Waals surface area contributed by atoms with E-state index in [-0.39, 0.29) is 23.3 Å². The van der Waals surface area contributed by atoms with Gasteiger partial charge < -0.3 is 14.6 Å². The van der Waals surface area contributed by atoms with Crippen molar-refractivity contribution in [2.24, 2.45) is 0 Å². The van der Waals surface area contributed by atoms with E-state index in [2.05, 4.69) is 4.98 Å². The molecule has 0 saturated carbocycles. The minimum Gasteiger partial charge on any atom is -0.491 e. The lowest BCUT2D eigenvalue weighted by molar-refractivity contribution is -0.150. The molecule has 1 aliphatic rings. The fourth-order valence-corrected chi connectivity index (χ4v) is 5.44. The zero-order chi connectivity index (χ0) is 18.8. The number of carbonyl (C=O) groups is 1. The second-order valence-electron chi connectivity index (χ2n) is 5.68. The van der Waals surface area contributed by atoms with Crippen LogP contribution < -0.4 is 10.2 Å². The van der Waals surface area contributed by atoms with Gasteiger partial charge in [-0.2, -0.15) is 13.2 Å². The van der Waals surface area contributed by atoms with Crippen LogP contribution in [0.5, 0.6) is 5.75 Å². The summed E-state index contributed by atoms with van der Waals surface area (Å²) in [5.74, 6) is 0.191. The van der Waals surface area contributed by atoms with Crippen LogP contribution in [0.3, 0.4) is 0 Å². The molecule has 1 aromatic heterocycles. The summed E-state index contributed by atoms with van der Waals surface area (Å²) in [6.07, 6.45) is -3.67. The molecule has 0 atom stereocenters. The average Bonchev–Trinajstić information content (AvgIpc) is 3.00. The van der Waals surface area contributed by atoms with Crippen LogP contribution in [0.25, 0.3) is 0 Å². The minimum atomic E-state index is -4.47. The summed E-state index contributed by atoms with van der Waals surface area (Å²) in [5.41, 5.74) is 0.416. The third-order valence-electron chi connectivity index (χ3n) is 3.91. The monoisotopic (exact) mass is 396 g/mol. The van der Waals surface area contributed by atoms with Crippen LogP contribution in [0.4, 0.5) is 13.2 Å². The highest BCUT2D eigenvalue weighted by molar-refractivity contribution is 8.21. The predicted molar refractivity (Wildman–Crippen MR) is 93.1 cm³/mol. The molecule has 1 aliphatic heterocycles. The first kappa shape index (κ1) is 20.0. The maximum atomic E-state index is 13.4. The van der Waals surface area contributed by atoms with Crippen molar-refractivity contribution in [1.82, 2.24) is 9.88 Å². The summed E-state index contributed by atoms with van der Waals surface area (Å²) < 4.78 is 43.1. The van der Waals surface area contributed by atoms with Crippen LogP contribution in [0, 0.1) is 6.92 Å². The van der Waals surface area contributed by atoms with Crippen LogP contribution in [0.2, 0.25) is 0 Å². The van der Waals surface area contributed by atoms with Gasteiger partial charge in [0.1, 0.15) is 0 Å². The van der Waals surface area contributed by atoms with Gasteiger partial charge in [-0.3, -0.25) is 9.59 Å². The van der Waals surface area contributed by atoms with Crippen molar-refractivity contribution in [3.8, 4) is 5.75 Å². The van der Waals surface area contributed by atoms with Crippen molar-refractivity contribution in [1.29, 1.82) is 0 Å². The first-order valence-electron chi connectivity index (χ1n) is 7.45. The molecule has 10 heteroatoms. The zero-order valence-electron chi connectivity index (χ0n) is 14.0. The number of methoxy groups -OCH3 is 1. The molecule has 0 aliphatic carbocycles. The van der Waals surface area contributed by atoms with Crippen LogP contribution in [0.1, 0.15) is 17.7 Å². The Kier molecular flexibility index (Phi) is 6.03. The average molecular weight is 396 g/mol. The van der Waals surface area contributed by atoms with E-state index in [0.717, 1.165) is 28.4 Å². The van der Waals surface area contributed by atoms with Gasteiger partial charge in [0.05, 0.1) is 25.8 Å². The Balaban J connectivity index is 2.15. The number of carbonyl (C=O) groups excluding carboxylic acids is 1. The smallest absolute Gasteiger partial charge is 0.412 e. The number of aromatic amines is 1. The van der Waals surface area contributed by atoms with Crippen LogP contribution in [0.15, 0.2) is 11.0 Å². The quantitative estimate of drug-likeness (QED) is 0.829. The lowest BCUT2D eigenvalue weighted by Gasteiger charge is -2.30. The molecule has 0 bridgehead atoms. The summed E-state index contributed by atoms with van der Waals surface area (Å²) in [7, 11) is 2.75. The zero-order valence-corrected chi connectivity index (χ0v) is 15.7. The number of nitrogens with one attached hydrogen (secondary N) is 1. The van der Waals surface area contributed by atoms with Crippen molar-refractivity contribution in [3.05, 3.63) is 27.7 Å². The van der Waals surface area contributed by atoms with Gasteiger partial charge in [0.25, 0.3) is 0 Å². The first-order valence-corrected chi connectivity index (χ1v) is 9.42. The third-order valence-corrected chi connectivity index (χ3v) is 7.37. The number of thioether (sulfide) groups is 2. The summed E-state index contributed by atoms with van der Waals surface area (Å²) in [6.45, 7) is 1.58. The molecule has 0 spiro atoms. The molecule has 2 rings (SSSR count). The van der Waals surface area contributed by atoms with Gasteiger partial charge >= 0.3 is 6.18 Å². The predicted octanol–water partition coefficient (Wildman–Crippen LogP) is 2.78. The fourth-order valence-electron chi connectivity index (χ4n) is 2.50. The maximum Gasteiger partial charge on any atom is 0.412 e. The number of amides is 1. The van der Waals surface area contributed by atoms with E-state index in [9.17, 15) is 22.8 Å². The third kappa shape index (κ3) is 4.11. The Morgan fingerprint density at radius 1 is 1.40 bits per heavy atom. The van der Waals surface area contributed by atoms with Gasteiger partial charge in [0.15, 0.2) is 9.83 Å². The number of hydrogen-bond donors (Lipinski definition) is 1. The van der Waals surface area contributed by atoms with Crippen LogP contribution in [-0.4, -0.2) is 51.7 Å². The van der Waals surface area contributed by atoms with Crippen molar-refractivity contribution in [3.63, 3.8) is 0 Å². The molecule has 1 fully saturated rings. The highest BCUT2D eigenvalue weighted by Gasteiger charge is 2.59. The molecule has 5 nitrogen and oxygen atoms in total. The molecule has 2 heterocycles. The fraction of sp³-hybridized carbons (Fsp3) is 0.600. The summed E-state index contributed by atoms with van der Waals surface area (Å²) >= 11 is 1.53. The van der Waals surface area contributed by atoms with E-state index < -0.39 is 22.6 Å². The summed E-state index contributed by atoms with van der Waals surface area (Å²) in [5, 5.41) is 0. The number of halogens is 3. The first-order chi connectivity index (χ1) is 11.6. The van der Waals surface area contributed by atoms with Crippen LogP contribution in [-0.2, 0) is 11.3 Å². The highest BCUT2D eigenvalue weighted by Crippen LogP contribution is 2.56. The molecule has 25 heavy (non-hydrogen) atoms. The summed E-state index contributed by atoms with van der Waals surface area (Å²) in [4.78, 5) is 28.6. The number of hydrogen-bond acceptors (Lipinski definition) is 5. The maximum absolute atomic E-state index is 13.4. The van der Waals surface area contributed by atoms with Gasteiger partial charge in [-0.25, -0.2) is 0 Å². The van der Waals surface area contributed by atoms with Crippen molar-refractivity contribution < 1.29 is 22.7 Å². The number of nitrogens with zero attached hydrogens (tertiary/aromatic N) is 1. The lowest BCUT2D eigenvalue weighted by atomic mass is 10.2. The Labute approximate surface area is 151 Å². The number of pyridine rings is 1. The second-order valence-corrected chi connectivity index (χ2v) is 8.72. The van der Waals surface area contributed by atoms with Gasteiger partial charge in [-0.05, 0) is 6.92 Å². The van der Waals surface area contributed by atoms with E-state index in [1.807, 2.05) is 0 Å². The Morgan fingerprint density at radius 3 is 2.52 bits per heavy atom. The molecule has 0 unspecified atom stereocenters. The number of aryl methyl sites for hydroxylation is 1. The standard InChI is InChI=1S/C15H19F3N2O3S2/c1-9-13(23-3)12(22)10(7-19-9)8-20(2)11(21)6-14(15(16,17)18)24-4-5-25-14/h7H,4-6,8H2,1-3H3,(H,19,22). The number of alkyl halides is 3. The van der Waals surface area contributed by atoms with Crippen molar-refractivity contribution >= 4 is 29.4 Å². The Morgan fingerprint density at radius 2 is 2.00 bits per heavy atom. The van der Waals surface area contributed by atoms with Crippen molar-refractivity contribution in [2.45, 2.75) is 30.1 Å². The largest absolute Gasteiger partial charge is 0.491 e. The van der Waals surface area contributed by atoms with Crippen LogP contribution >= 0.6 is 23.5 Å². The lowest BCUT2D eigenvalue weighted by Crippen LogP contribution is -2.42. The second kappa shape index (κ2) is 7.53. The summed E-state index contributed by atoms with van der Waals surface area (Å²) in [6, 6.07) is 0. The van der Waals surface area contributed by atoms with E-state index in [1.165, 1.54) is 20.4 Å². The number of aromatic nitrogens is 1. The Bertz CT molecular complexity index is 700. The molecule has 1 aromatic rings. The van der Waals surface area contributed by atoms with Crippen molar-refractivity contribution in [2.75, 3.05) is 25.7 Å². The number of ether oxygens (including phenoxy) is 1. The number of H-pyrrole nitrogens is 1. The minimum absolute atomic E-state index is 0.0892. The van der Waals surface area contributed by atoms with E-state index in [4.69, 9.17) is 4.74 Å².